The number of carbonyl (C=O) groups excluding carboxylic acids is 1. The van der Waals surface area contributed by atoms with Gasteiger partial charge in [0.05, 0.1) is 34.7 Å². The minimum atomic E-state index is -0.334. The van der Waals surface area contributed by atoms with E-state index in [-0.39, 0.29) is 5.97 Å². The molecule has 2 heterocycles. The van der Waals surface area contributed by atoms with Crippen LogP contribution in [0.3, 0.4) is 0 Å². The van der Waals surface area contributed by atoms with E-state index in [9.17, 15) is 4.79 Å². The number of hydrogen-bond acceptors (Lipinski definition) is 4. The van der Waals surface area contributed by atoms with Crippen LogP contribution in [-0.4, -0.2) is 32.6 Å². The lowest BCUT2D eigenvalue weighted by Crippen LogP contribution is -2.06. The van der Waals surface area contributed by atoms with Crippen molar-refractivity contribution in [3.8, 4) is 22.5 Å². The van der Waals surface area contributed by atoms with Gasteiger partial charge in [-0.05, 0) is 65.9 Å². The summed E-state index contributed by atoms with van der Waals surface area (Å²) in [4.78, 5) is 25.6. The number of nitrogens with zero attached hydrogens (tertiary/aromatic N) is 3. The Bertz CT molecular complexity index is 1780. The number of fused-ring (bicyclic) bond motifs is 2. The first-order valence-electron chi connectivity index (χ1n) is 13.3. The van der Waals surface area contributed by atoms with Crippen LogP contribution in [0, 0.1) is 6.92 Å². The number of imidazole rings is 2. The number of aryl methyl sites for hydroxylation is 2. The van der Waals surface area contributed by atoms with Crippen LogP contribution in [0.15, 0.2) is 84.9 Å². The van der Waals surface area contributed by atoms with Crippen molar-refractivity contribution in [3.63, 3.8) is 0 Å². The van der Waals surface area contributed by atoms with E-state index < -0.39 is 0 Å². The zero-order valence-electron chi connectivity index (χ0n) is 22.4. The molecule has 0 saturated carbocycles. The zero-order chi connectivity index (χ0) is 26.9. The number of aromatic amines is 1. The Hall–Kier alpha value is -4.71. The van der Waals surface area contributed by atoms with Gasteiger partial charge in [-0.15, -0.1) is 0 Å². The predicted molar refractivity (Wildman–Crippen MR) is 156 cm³/mol. The van der Waals surface area contributed by atoms with Crippen molar-refractivity contribution in [1.29, 1.82) is 0 Å². The fraction of sp³-hybridized carbons (Fsp3) is 0.182. The molecule has 0 aliphatic heterocycles. The Balaban J connectivity index is 1.39. The third-order valence-corrected chi connectivity index (χ3v) is 7.20. The second kappa shape index (κ2) is 10.2. The number of aromatic nitrogens is 4. The largest absolute Gasteiger partial charge is 0.465 e. The van der Waals surface area contributed by atoms with Gasteiger partial charge in [-0.1, -0.05) is 61.5 Å². The van der Waals surface area contributed by atoms with E-state index >= 15 is 0 Å². The first kappa shape index (κ1) is 24.6. The van der Waals surface area contributed by atoms with Crippen molar-refractivity contribution in [1.82, 2.24) is 19.5 Å². The number of carbonyl (C=O) groups is 1. The van der Waals surface area contributed by atoms with Crippen LogP contribution >= 0.6 is 0 Å². The summed E-state index contributed by atoms with van der Waals surface area (Å²) in [6.07, 6.45) is 1.92. The van der Waals surface area contributed by atoms with Gasteiger partial charge in [0.25, 0.3) is 0 Å². The van der Waals surface area contributed by atoms with Crippen LogP contribution in [-0.2, 0) is 17.7 Å². The summed E-state index contributed by atoms with van der Waals surface area (Å²) in [5.74, 6) is 1.61. The summed E-state index contributed by atoms with van der Waals surface area (Å²) in [6.45, 7) is 5.01. The lowest BCUT2D eigenvalue weighted by Gasteiger charge is -2.12. The maximum atomic E-state index is 12.3. The zero-order valence-corrected chi connectivity index (χ0v) is 22.4. The standard InChI is InChI=1S/C33H30N4O2/c1-4-9-30-36-31-21(2)18-24(32-34-27-12-7-8-13-28(27)35-32)19-29(31)37(30)20-22-14-16-23(17-15-22)25-10-5-6-11-26(25)33(38)39-3/h5-8,10-19H,4,9,20H2,1-3H3,(H,34,35). The highest BCUT2D eigenvalue weighted by Crippen LogP contribution is 2.30. The summed E-state index contributed by atoms with van der Waals surface area (Å²) in [5.41, 5.74) is 9.87. The summed E-state index contributed by atoms with van der Waals surface area (Å²) in [6, 6.07) is 28.4. The average Bonchev–Trinajstić information content (AvgIpc) is 3.55. The third-order valence-electron chi connectivity index (χ3n) is 7.20. The maximum Gasteiger partial charge on any atom is 0.338 e. The highest BCUT2D eigenvalue weighted by Gasteiger charge is 2.17. The van der Waals surface area contributed by atoms with Crippen molar-refractivity contribution in [3.05, 3.63) is 107 Å². The number of rotatable bonds is 7. The summed E-state index contributed by atoms with van der Waals surface area (Å²) in [7, 11) is 1.41. The number of esters is 1. The summed E-state index contributed by atoms with van der Waals surface area (Å²) < 4.78 is 7.31. The Morgan fingerprint density at radius 1 is 0.923 bits per heavy atom. The molecule has 39 heavy (non-hydrogen) atoms. The second-order valence-electron chi connectivity index (χ2n) is 9.86. The SMILES string of the molecule is CCCc1nc2c(C)cc(-c3nc4ccccc4[nH]3)cc2n1Cc1ccc(-c2ccccc2C(=O)OC)cc1. The summed E-state index contributed by atoms with van der Waals surface area (Å²) >= 11 is 0. The molecule has 6 aromatic rings. The number of nitrogens with one attached hydrogen (secondary N) is 1. The molecule has 1 N–H and O–H groups in total. The molecule has 0 unspecified atom stereocenters. The first-order chi connectivity index (χ1) is 19.1. The van der Waals surface area contributed by atoms with E-state index in [1.807, 2.05) is 42.5 Å². The predicted octanol–water partition coefficient (Wildman–Crippen LogP) is 7.34. The molecule has 0 aliphatic carbocycles. The van der Waals surface area contributed by atoms with Crippen LogP contribution in [0.1, 0.15) is 40.7 Å². The topological polar surface area (TPSA) is 72.8 Å². The molecule has 194 valence electrons. The van der Waals surface area contributed by atoms with Crippen molar-refractivity contribution >= 4 is 28.0 Å². The molecule has 0 saturated heterocycles. The molecule has 6 rings (SSSR count). The summed E-state index contributed by atoms with van der Waals surface area (Å²) in [5, 5.41) is 0. The lowest BCUT2D eigenvalue weighted by molar-refractivity contribution is 0.0601. The van der Waals surface area contributed by atoms with Crippen molar-refractivity contribution in [2.45, 2.75) is 33.2 Å². The van der Waals surface area contributed by atoms with Gasteiger partial charge < -0.3 is 14.3 Å². The Morgan fingerprint density at radius 3 is 2.46 bits per heavy atom. The minimum absolute atomic E-state index is 0.334. The maximum absolute atomic E-state index is 12.3. The smallest absolute Gasteiger partial charge is 0.338 e. The molecular weight excluding hydrogens is 484 g/mol. The molecule has 0 aliphatic rings. The van der Waals surface area contributed by atoms with E-state index in [0.29, 0.717) is 12.1 Å². The van der Waals surface area contributed by atoms with Crippen molar-refractivity contribution in [2.75, 3.05) is 7.11 Å². The second-order valence-corrected chi connectivity index (χ2v) is 9.86. The Labute approximate surface area is 227 Å². The first-order valence-corrected chi connectivity index (χ1v) is 13.3. The van der Waals surface area contributed by atoms with Gasteiger partial charge in [0.1, 0.15) is 11.6 Å². The molecule has 0 amide bonds. The van der Waals surface area contributed by atoms with Gasteiger partial charge in [-0.3, -0.25) is 0 Å². The Morgan fingerprint density at radius 2 is 1.69 bits per heavy atom. The number of H-pyrrole nitrogens is 1. The number of para-hydroxylation sites is 2. The number of hydrogen-bond donors (Lipinski definition) is 1. The molecule has 0 atom stereocenters. The molecular formula is C33H30N4O2. The van der Waals surface area contributed by atoms with Crippen LogP contribution in [0.25, 0.3) is 44.6 Å². The molecule has 0 spiro atoms. The van der Waals surface area contributed by atoms with E-state index in [2.05, 4.69) is 59.8 Å². The highest BCUT2D eigenvalue weighted by atomic mass is 16.5. The van der Waals surface area contributed by atoms with Crippen LogP contribution in [0.2, 0.25) is 0 Å². The minimum Gasteiger partial charge on any atom is -0.465 e. The molecule has 2 aromatic heterocycles. The lowest BCUT2D eigenvalue weighted by atomic mass is 9.98. The Kier molecular flexibility index (Phi) is 6.45. The van der Waals surface area contributed by atoms with E-state index in [0.717, 1.165) is 74.4 Å². The van der Waals surface area contributed by atoms with Crippen molar-refractivity contribution < 1.29 is 9.53 Å². The normalized spacial score (nSPS) is 11.4. The fourth-order valence-corrected chi connectivity index (χ4v) is 5.25. The monoisotopic (exact) mass is 514 g/mol. The van der Waals surface area contributed by atoms with Gasteiger partial charge in [-0.25, -0.2) is 14.8 Å². The number of benzene rings is 4. The fourth-order valence-electron chi connectivity index (χ4n) is 5.25. The highest BCUT2D eigenvalue weighted by molar-refractivity contribution is 5.97. The molecule has 0 radical (unpaired) electrons. The third kappa shape index (κ3) is 4.59. The quantitative estimate of drug-likeness (QED) is 0.226. The van der Waals surface area contributed by atoms with E-state index in [4.69, 9.17) is 14.7 Å². The van der Waals surface area contributed by atoms with E-state index in [1.165, 1.54) is 7.11 Å². The molecule has 0 fully saturated rings. The van der Waals surface area contributed by atoms with E-state index in [1.54, 1.807) is 6.07 Å². The molecule has 6 nitrogen and oxygen atoms in total. The molecule has 4 aromatic carbocycles. The van der Waals surface area contributed by atoms with Crippen LogP contribution < -0.4 is 0 Å². The van der Waals surface area contributed by atoms with Gasteiger partial charge >= 0.3 is 5.97 Å². The molecule has 6 heteroatoms. The number of ether oxygens (including phenoxy) is 1. The number of methoxy groups -OCH3 is 1. The van der Waals surface area contributed by atoms with Crippen LogP contribution in [0.5, 0.6) is 0 Å². The average molecular weight is 515 g/mol. The van der Waals surface area contributed by atoms with Gasteiger partial charge in [0, 0.05) is 18.5 Å². The van der Waals surface area contributed by atoms with Crippen LogP contribution in [0.4, 0.5) is 0 Å². The van der Waals surface area contributed by atoms with Gasteiger partial charge in [-0.2, -0.15) is 0 Å². The molecule has 0 bridgehead atoms. The van der Waals surface area contributed by atoms with Crippen molar-refractivity contribution in [2.24, 2.45) is 0 Å². The van der Waals surface area contributed by atoms with Gasteiger partial charge in [0.15, 0.2) is 0 Å². The van der Waals surface area contributed by atoms with Gasteiger partial charge in [0.2, 0.25) is 0 Å².